The topological polar surface area (TPSA) is 97.1 Å². The van der Waals surface area contributed by atoms with Gasteiger partial charge in [-0.25, -0.2) is 9.07 Å². The lowest BCUT2D eigenvalue weighted by atomic mass is 10.00. The highest BCUT2D eigenvalue weighted by Gasteiger charge is 2.18. The Hall–Kier alpha value is -4.07. The van der Waals surface area contributed by atoms with Gasteiger partial charge in [0.1, 0.15) is 11.5 Å². The molecule has 1 aromatic heterocycles. The van der Waals surface area contributed by atoms with Crippen molar-refractivity contribution in [2.45, 2.75) is 25.4 Å². The van der Waals surface area contributed by atoms with Crippen LogP contribution in [-0.2, 0) is 17.8 Å². The molecule has 0 saturated carbocycles. The number of fused-ring (bicyclic) bond motifs is 1. The number of benzene rings is 3. The predicted octanol–water partition coefficient (Wildman–Crippen LogP) is 3.76. The number of carbonyl (C=O) groups is 2. The van der Waals surface area contributed by atoms with E-state index in [9.17, 15) is 19.1 Å². The Morgan fingerprint density at radius 3 is 2.53 bits per heavy atom. The van der Waals surface area contributed by atoms with E-state index in [-0.39, 0.29) is 18.9 Å². The number of hydrogen-bond donors (Lipinski definition) is 2. The summed E-state index contributed by atoms with van der Waals surface area (Å²) < 4.78 is 14.5. The minimum absolute atomic E-state index is 0.114. The van der Waals surface area contributed by atoms with Gasteiger partial charge in [-0.1, -0.05) is 47.7 Å². The van der Waals surface area contributed by atoms with Gasteiger partial charge in [0.2, 0.25) is 0 Å². The first kappa shape index (κ1) is 21.2. The summed E-state index contributed by atoms with van der Waals surface area (Å²) in [6.07, 6.45) is 2.00. The maximum Gasteiger partial charge on any atom is 0.305 e. The van der Waals surface area contributed by atoms with Gasteiger partial charge >= 0.3 is 5.97 Å². The van der Waals surface area contributed by atoms with Crippen molar-refractivity contribution in [2.75, 3.05) is 0 Å². The van der Waals surface area contributed by atoms with E-state index in [0.29, 0.717) is 17.7 Å². The van der Waals surface area contributed by atoms with E-state index in [1.54, 1.807) is 6.20 Å². The number of rotatable bonds is 8. The Bertz CT molecular complexity index is 1250. The Labute approximate surface area is 183 Å². The van der Waals surface area contributed by atoms with Crippen LogP contribution in [0, 0.1) is 5.82 Å². The molecule has 0 unspecified atom stereocenters. The van der Waals surface area contributed by atoms with Crippen molar-refractivity contribution in [3.63, 3.8) is 0 Å². The summed E-state index contributed by atoms with van der Waals surface area (Å²) in [6.45, 7) is 0.117. The average Bonchev–Trinajstić information content (AvgIpc) is 3.26. The Morgan fingerprint density at radius 2 is 1.78 bits per heavy atom. The third-order valence-corrected chi connectivity index (χ3v) is 5.16. The molecule has 162 valence electrons. The number of nitrogens with one attached hydrogen (secondary N) is 1. The van der Waals surface area contributed by atoms with E-state index in [0.717, 1.165) is 16.3 Å². The predicted molar refractivity (Wildman–Crippen MR) is 117 cm³/mol. The zero-order valence-electron chi connectivity index (χ0n) is 17.1. The molecular formula is C24H21FN4O3. The summed E-state index contributed by atoms with van der Waals surface area (Å²) in [7, 11) is 0. The number of aliphatic carboxylic acids is 1. The highest BCUT2D eigenvalue weighted by Crippen LogP contribution is 2.22. The molecule has 2 N–H and O–H groups in total. The van der Waals surface area contributed by atoms with Gasteiger partial charge in [0.15, 0.2) is 0 Å². The summed E-state index contributed by atoms with van der Waals surface area (Å²) in [5.74, 6) is -1.71. The quantitative estimate of drug-likeness (QED) is 0.442. The lowest BCUT2D eigenvalue weighted by molar-refractivity contribution is -0.138. The Kier molecular flexibility index (Phi) is 6.21. The fraction of sp³-hybridized carbons (Fsp3) is 0.167. The Morgan fingerprint density at radius 1 is 1.03 bits per heavy atom. The van der Waals surface area contributed by atoms with E-state index in [1.807, 2.05) is 42.5 Å². The fourth-order valence-corrected chi connectivity index (χ4v) is 3.55. The summed E-state index contributed by atoms with van der Waals surface area (Å²) in [4.78, 5) is 23.6. The van der Waals surface area contributed by atoms with Gasteiger partial charge < -0.3 is 10.4 Å². The van der Waals surface area contributed by atoms with Crippen molar-refractivity contribution < 1.29 is 19.1 Å². The van der Waals surface area contributed by atoms with Crippen molar-refractivity contribution in [3.05, 3.63) is 95.6 Å². The molecule has 32 heavy (non-hydrogen) atoms. The number of carboxylic acid groups (broad SMARTS) is 1. The van der Waals surface area contributed by atoms with Crippen LogP contribution in [0.15, 0.2) is 72.9 Å². The molecule has 4 rings (SSSR count). The molecule has 3 aromatic carbocycles. The van der Waals surface area contributed by atoms with E-state index in [2.05, 4.69) is 15.6 Å². The van der Waals surface area contributed by atoms with Crippen molar-refractivity contribution in [1.29, 1.82) is 0 Å². The van der Waals surface area contributed by atoms with Crippen LogP contribution >= 0.6 is 0 Å². The molecule has 0 spiro atoms. The van der Waals surface area contributed by atoms with Gasteiger partial charge in [-0.15, -0.1) is 5.10 Å². The average molecular weight is 432 g/mol. The first-order valence-electron chi connectivity index (χ1n) is 10.1. The third kappa shape index (κ3) is 5.15. The van der Waals surface area contributed by atoms with Gasteiger partial charge in [0.05, 0.1) is 25.2 Å². The van der Waals surface area contributed by atoms with Crippen LogP contribution in [0.2, 0.25) is 0 Å². The molecule has 0 aliphatic carbocycles. The lowest BCUT2D eigenvalue weighted by Crippen LogP contribution is -2.23. The second-order valence-electron chi connectivity index (χ2n) is 7.52. The zero-order valence-corrected chi connectivity index (χ0v) is 17.1. The number of carbonyl (C=O) groups excluding carboxylic acids is 1. The standard InChI is InChI=1S/C24H21FN4O3/c25-20-9-7-18(8-10-20)24(32)26-14-21-15-29(28-27-21)22(13-23(30)31)12-16-5-6-17-3-1-2-4-19(17)11-16/h1-11,15,22H,12-14H2,(H,26,32)(H,30,31)/t22-/m1/s1. The largest absolute Gasteiger partial charge is 0.481 e. The summed E-state index contributed by atoms with van der Waals surface area (Å²) in [5.41, 5.74) is 1.82. The van der Waals surface area contributed by atoms with Gasteiger partial charge in [-0.2, -0.15) is 0 Å². The number of halogens is 1. The van der Waals surface area contributed by atoms with Gasteiger partial charge in [0, 0.05) is 5.56 Å². The first-order chi connectivity index (χ1) is 15.5. The molecule has 0 aliphatic rings. The van der Waals surface area contributed by atoms with Crippen molar-refractivity contribution in [3.8, 4) is 0 Å². The first-order valence-corrected chi connectivity index (χ1v) is 10.1. The monoisotopic (exact) mass is 432 g/mol. The highest BCUT2D eigenvalue weighted by atomic mass is 19.1. The summed E-state index contributed by atoms with van der Waals surface area (Å²) in [6, 6.07) is 18.8. The van der Waals surface area contributed by atoms with Crippen molar-refractivity contribution in [2.24, 2.45) is 0 Å². The summed E-state index contributed by atoms with van der Waals surface area (Å²) >= 11 is 0. The van der Waals surface area contributed by atoms with E-state index in [4.69, 9.17) is 0 Å². The number of aromatic nitrogens is 3. The molecular weight excluding hydrogens is 411 g/mol. The van der Waals surface area contributed by atoms with Crippen LogP contribution in [0.1, 0.15) is 34.1 Å². The number of amides is 1. The lowest BCUT2D eigenvalue weighted by Gasteiger charge is -2.15. The maximum absolute atomic E-state index is 13.0. The van der Waals surface area contributed by atoms with Gasteiger partial charge in [-0.3, -0.25) is 9.59 Å². The number of hydrogen-bond acceptors (Lipinski definition) is 4. The normalized spacial score (nSPS) is 11.9. The molecule has 0 aliphatic heterocycles. The maximum atomic E-state index is 13.0. The van der Waals surface area contributed by atoms with Crippen molar-refractivity contribution >= 4 is 22.6 Å². The van der Waals surface area contributed by atoms with E-state index < -0.39 is 17.8 Å². The molecule has 1 amide bonds. The second-order valence-corrected chi connectivity index (χ2v) is 7.52. The summed E-state index contributed by atoms with van der Waals surface area (Å²) in [5, 5.41) is 22.4. The molecule has 0 saturated heterocycles. The van der Waals surface area contributed by atoms with Crippen LogP contribution in [-0.4, -0.2) is 32.0 Å². The van der Waals surface area contributed by atoms with Crippen LogP contribution in [0.5, 0.6) is 0 Å². The van der Waals surface area contributed by atoms with Gasteiger partial charge in [0.25, 0.3) is 5.91 Å². The third-order valence-electron chi connectivity index (χ3n) is 5.16. The fourth-order valence-electron chi connectivity index (χ4n) is 3.55. The van der Waals surface area contributed by atoms with Crippen LogP contribution in [0.3, 0.4) is 0 Å². The second kappa shape index (κ2) is 9.38. The molecule has 0 bridgehead atoms. The molecule has 8 heteroatoms. The van der Waals surface area contributed by atoms with Crippen molar-refractivity contribution in [1.82, 2.24) is 20.3 Å². The van der Waals surface area contributed by atoms with E-state index in [1.165, 1.54) is 28.9 Å². The molecule has 0 radical (unpaired) electrons. The molecule has 1 heterocycles. The van der Waals surface area contributed by atoms with Gasteiger partial charge in [-0.05, 0) is 47.0 Å². The SMILES string of the molecule is O=C(O)C[C@@H](Cc1ccc2ccccc2c1)n1cc(CNC(=O)c2ccc(F)cc2)nn1. The molecule has 4 aromatic rings. The highest BCUT2D eigenvalue weighted by molar-refractivity contribution is 5.94. The smallest absolute Gasteiger partial charge is 0.305 e. The minimum atomic E-state index is -0.933. The zero-order chi connectivity index (χ0) is 22.5. The molecule has 7 nitrogen and oxygen atoms in total. The Balaban J connectivity index is 1.46. The number of carboxylic acids is 1. The van der Waals surface area contributed by atoms with E-state index >= 15 is 0 Å². The minimum Gasteiger partial charge on any atom is -0.481 e. The van der Waals surface area contributed by atoms with Crippen LogP contribution < -0.4 is 5.32 Å². The molecule has 1 atom stereocenters. The molecule has 0 fully saturated rings. The number of nitrogens with zero attached hydrogens (tertiary/aromatic N) is 3. The van der Waals surface area contributed by atoms with Crippen LogP contribution in [0.25, 0.3) is 10.8 Å². The van der Waals surface area contributed by atoms with Crippen LogP contribution in [0.4, 0.5) is 4.39 Å².